The fraction of sp³-hybridized carbons (Fsp3) is 0.778. The van der Waals surface area contributed by atoms with E-state index in [4.69, 9.17) is 9.15 Å². The Morgan fingerprint density at radius 3 is 2.76 bits per heavy atom. The molecule has 1 saturated heterocycles. The first kappa shape index (κ1) is 12.3. The van der Waals surface area contributed by atoms with Crippen molar-refractivity contribution >= 4 is 0 Å². The lowest BCUT2D eigenvalue weighted by Gasteiger charge is -2.18. The predicted octanol–water partition coefficient (Wildman–Crippen LogP) is 2.35. The Hall–Kier alpha value is -1.15. The first-order valence-corrected chi connectivity index (χ1v) is 5.19. The summed E-state index contributed by atoms with van der Waals surface area (Å²) >= 11 is 0. The molecule has 8 heteroatoms. The van der Waals surface area contributed by atoms with Gasteiger partial charge in [-0.2, -0.15) is 0 Å². The third kappa shape index (κ3) is 3.67. The molecule has 1 fully saturated rings. The van der Waals surface area contributed by atoms with Gasteiger partial charge in [-0.15, -0.1) is 23.4 Å². The molecular formula is C9H11F3N2O3. The third-order valence-electron chi connectivity index (χ3n) is 2.30. The number of alkyl halides is 3. The summed E-state index contributed by atoms with van der Waals surface area (Å²) in [6.45, 7) is -0.176. The van der Waals surface area contributed by atoms with Gasteiger partial charge >= 0.3 is 6.36 Å². The van der Waals surface area contributed by atoms with Crippen LogP contribution in [-0.4, -0.2) is 23.2 Å². The van der Waals surface area contributed by atoms with Crippen molar-refractivity contribution in [3.63, 3.8) is 0 Å². The monoisotopic (exact) mass is 252 g/mol. The number of nitrogens with zero attached hydrogens (tertiary/aromatic N) is 2. The lowest BCUT2D eigenvalue weighted by atomic mass is 10.1. The normalized spacial score (nSPS) is 21.7. The van der Waals surface area contributed by atoms with Gasteiger partial charge < -0.3 is 9.15 Å². The molecule has 0 aromatic carbocycles. The third-order valence-corrected chi connectivity index (χ3v) is 2.30. The number of hydrogen-bond acceptors (Lipinski definition) is 5. The molecule has 0 N–H and O–H groups in total. The average molecular weight is 252 g/mol. The van der Waals surface area contributed by atoms with Gasteiger partial charge in [-0.25, -0.2) is 0 Å². The molecule has 1 unspecified atom stereocenters. The SMILES string of the molecule is FC(F)(F)OCc1nnc(C2CCCCO2)o1. The van der Waals surface area contributed by atoms with Gasteiger partial charge in [0.25, 0.3) is 0 Å². The van der Waals surface area contributed by atoms with Crippen molar-refractivity contribution in [2.24, 2.45) is 0 Å². The standard InChI is InChI=1S/C9H11F3N2O3/c10-9(11,12)16-5-7-13-14-8(17-7)6-3-1-2-4-15-6/h6H,1-5H2. The minimum atomic E-state index is -4.70. The molecule has 1 atom stereocenters. The summed E-state index contributed by atoms with van der Waals surface area (Å²) in [7, 11) is 0. The van der Waals surface area contributed by atoms with E-state index < -0.39 is 13.0 Å². The second-order valence-corrected chi connectivity index (χ2v) is 3.62. The molecule has 0 radical (unpaired) electrons. The van der Waals surface area contributed by atoms with Crippen LogP contribution in [0.1, 0.15) is 37.1 Å². The molecule has 0 spiro atoms. The summed E-state index contributed by atoms with van der Waals surface area (Å²) in [5.41, 5.74) is 0. The van der Waals surface area contributed by atoms with Crippen molar-refractivity contribution in [1.29, 1.82) is 0 Å². The molecular weight excluding hydrogens is 241 g/mol. The van der Waals surface area contributed by atoms with Gasteiger partial charge in [-0.1, -0.05) is 0 Å². The summed E-state index contributed by atoms with van der Waals surface area (Å²) in [6.07, 6.45) is -2.33. The van der Waals surface area contributed by atoms with Crippen LogP contribution in [0.25, 0.3) is 0 Å². The van der Waals surface area contributed by atoms with Crippen LogP contribution < -0.4 is 0 Å². The molecule has 1 aliphatic heterocycles. The highest BCUT2D eigenvalue weighted by atomic mass is 19.4. The van der Waals surface area contributed by atoms with Crippen LogP contribution in [0.15, 0.2) is 4.42 Å². The Morgan fingerprint density at radius 1 is 1.29 bits per heavy atom. The van der Waals surface area contributed by atoms with E-state index in [0.29, 0.717) is 6.61 Å². The average Bonchev–Trinajstić information content (AvgIpc) is 2.75. The molecule has 2 rings (SSSR count). The largest absolute Gasteiger partial charge is 0.523 e. The van der Waals surface area contributed by atoms with Gasteiger partial charge in [0.05, 0.1) is 0 Å². The maximum absolute atomic E-state index is 11.8. The second-order valence-electron chi connectivity index (χ2n) is 3.62. The number of hydrogen-bond donors (Lipinski definition) is 0. The molecule has 0 bridgehead atoms. The molecule has 1 aliphatic rings. The van der Waals surface area contributed by atoms with Crippen molar-refractivity contribution in [3.8, 4) is 0 Å². The summed E-state index contributed by atoms with van der Waals surface area (Å²) in [4.78, 5) is 0. The van der Waals surface area contributed by atoms with E-state index in [1.165, 1.54) is 0 Å². The van der Waals surface area contributed by atoms with E-state index in [0.717, 1.165) is 19.3 Å². The Kier molecular flexibility index (Phi) is 3.63. The van der Waals surface area contributed by atoms with E-state index in [9.17, 15) is 13.2 Å². The van der Waals surface area contributed by atoms with E-state index in [1.54, 1.807) is 0 Å². The first-order valence-electron chi connectivity index (χ1n) is 5.19. The number of ether oxygens (including phenoxy) is 2. The maximum atomic E-state index is 11.8. The molecule has 0 saturated carbocycles. The quantitative estimate of drug-likeness (QED) is 0.826. The number of aromatic nitrogens is 2. The topological polar surface area (TPSA) is 57.4 Å². The van der Waals surface area contributed by atoms with Gasteiger partial charge in [0.2, 0.25) is 11.8 Å². The fourth-order valence-corrected chi connectivity index (χ4v) is 1.53. The molecule has 1 aromatic heterocycles. The number of rotatable bonds is 3. The van der Waals surface area contributed by atoms with E-state index in [2.05, 4.69) is 14.9 Å². The van der Waals surface area contributed by atoms with Crippen molar-refractivity contribution < 1.29 is 27.1 Å². The molecule has 0 aliphatic carbocycles. The highest BCUT2D eigenvalue weighted by Crippen LogP contribution is 2.27. The molecule has 2 heterocycles. The Bertz CT molecular complexity index is 361. The van der Waals surface area contributed by atoms with Crippen molar-refractivity contribution in [3.05, 3.63) is 11.8 Å². The zero-order chi connectivity index (χ0) is 12.3. The van der Waals surface area contributed by atoms with Crippen LogP contribution in [0.5, 0.6) is 0 Å². The van der Waals surface area contributed by atoms with Crippen LogP contribution >= 0.6 is 0 Å². The van der Waals surface area contributed by atoms with Crippen LogP contribution in [0.4, 0.5) is 13.2 Å². The fourth-order valence-electron chi connectivity index (χ4n) is 1.53. The van der Waals surface area contributed by atoms with Gasteiger partial charge in [0.15, 0.2) is 0 Å². The minimum Gasteiger partial charge on any atom is -0.420 e. The van der Waals surface area contributed by atoms with Crippen LogP contribution in [-0.2, 0) is 16.1 Å². The summed E-state index contributed by atoms with van der Waals surface area (Å²) < 4.78 is 49.3. The first-order chi connectivity index (χ1) is 8.04. The summed E-state index contributed by atoms with van der Waals surface area (Å²) in [5, 5.41) is 7.12. The van der Waals surface area contributed by atoms with Gasteiger partial charge in [0, 0.05) is 6.61 Å². The van der Waals surface area contributed by atoms with Crippen molar-refractivity contribution in [2.75, 3.05) is 6.61 Å². The second kappa shape index (κ2) is 5.01. The van der Waals surface area contributed by atoms with Crippen molar-refractivity contribution in [1.82, 2.24) is 10.2 Å². The molecule has 1 aromatic rings. The zero-order valence-electron chi connectivity index (χ0n) is 8.87. The van der Waals surface area contributed by atoms with E-state index >= 15 is 0 Å². The Labute approximate surface area is 94.9 Å². The van der Waals surface area contributed by atoms with Gasteiger partial charge in [-0.05, 0) is 19.3 Å². The summed E-state index contributed by atoms with van der Waals surface area (Å²) in [5.74, 6) is 0.0111. The molecule has 5 nitrogen and oxygen atoms in total. The maximum Gasteiger partial charge on any atom is 0.523 e. The molecule has 0 amide bonds. The van der Waals surface area contributed by atoms with Crippen LogP contribution in [0, 0.1) is 0 Å². The lowest BCUT2D eigenvalue weighted by Crippen LogP contribution is -2.13. The molecule has 96 valence electrons. The van der Waals surface area contributed by atoms with Gasteiger partial charge in [0.1, 0.15) is 12.7 Å². The van der Waals surface area contributed by atoms with E-state index in [-0.39, 0.29) is 17.9 Å². The zero-order valence-corrected chi connectivity index (χ0v) is 8.87. The highest BCUT2D eigenvalue weighted by Gasteiger charge is 2.30. The minimum absolute atomic E-state index is 0.202. The van der Waals surface area contributed by atoms with Crippen LogP contribution in [0.3, 0.4) is 0 Å². The Balaban J connectivity index is 1.91. The van der Waals surface area contributed by atoms with E-state index in [1.807, 2.05) is 0 Å². The lowest BCUT2D eigenvalue weighted by molar-refractivity contribution is -0.332. The predicted molar refractivity (Wildman–Crippen MR) is 47.7 cm³/mol. The number of halogens is 3. The summed E-state index contributed by atoms with van der Waals surface area (Å²) in [6, 6.07) is 0. The smallest absolute Gasteiger partial charge is 0.420 e. The highest BCUT2D eigenvalue weighted by molar-refractivity contribution is 4.87. The van der Waals surface area contributed by atoms with Crippen LogP contribution in [0.2, 0.25) is 0 Å². The van der Waals surface area contributed by atoms with Crippen molar-refractivity contribution in [2.45, 2.75) is 38.3 Å². The van der Waals surface area contributed by atoms with Gasteiger partial charge in [-0.3, -0.25) is 4.74 Å². The Morgan fingerprint density at radius 2 is 2.12 bits per heavy atom. The molecule has 17 heavy (non-hydrogen) atoms.